The fraction of sp³-hybridized carbons (Fsp3) is 0.327. The summed E-state index contributed by atoms with van der Waals surface area (Å²) in [4.78, 5) is 42.7. The van der Waals surface area contributed by atoms with Crippen molar-refractivity contribution in [1.29, 1.82) is 0 Å². The molecule has 0 saturated carbocycles. The van der Waals surface area contributed by atoms with Gasteiger partial charge in [-0.3, -0.25) is 4.79 Å². The van der Waals surface area contributed by atoms with Crippen molar-refractivity contribution in [2.75, 3.05) is 6.61 Å². The van der Waals surface area contributed by atoms with E-state index in [0.717, 1.165) is 10.5 Å². The van der Waals surface area contributed by atoms with Gasteiger partial charge in [0, 0.05) is 10.5 Å². The molecule has 3 aliphatic heterocycles. The first-order valence-electron chi connectivity index (χ1n) is 21.1. The highest BCUT2D eigenvalue weighted by molar-refractivity contribution is 7.99. The molecule has 13 nitrogen and oxygen atoms in total. The molecular weight excluding hydrogens is 933 g/mol. The third-order valence-corrected chi connectivity index (χ3v) is 12.7. The molecule has 0 bridgehead atoms. The van der Waals surface area contributed by atoms with E-state index in [-0.39, 0.29) is 25.4 Å². The van der Waals surface area contributed by atoms with Crippen LogP contribution in [0.2, 0.25) is 0 Å². The molecule has 3 fully saturated rings. The minimum Gasteiger partial charge on any atom is -0.459 e. The number of rotatable bonds is 14. The lowest BCUT2D eigenvalue weighted by molar-refractivity contribution is -0.355. The number of carbonyl (C=O) groups is 3. The molecule has 0 unspecified atom stereocenters. The second-order valence-corrected chi connectivity index (χ2v) is 19.2. The number of esters is 2. The Kier molecular flexibility index (Phi) is 16.0. The number of carbonyl (C=O) groups excluding carboxylic acids is 3. The standard InChI is InChI=1S/C49H46Cl3NO12S/c1-29-22-24-34(25-23-29)66-47-36(53-48(57)49(50,51)52)39(38-35(61-47)28-60-45(63-38)33-20-12-5-13-21-33)64-46-42(62-43(55)32-18-10-4-11-19-32)40(58-26-30-14-6-2-7-15-30)37(54)41(65-46)44(56)59-27-31-16-8-3-9-17-31/h2-25,35-42,45-47,54H,26-28H2,1H3,(H,53,57)/t35-,36-,37+,38-,39-,40+,41+,42-,45-,46-,47+/m1/s1. The van der Waals surface area contributed by atoms with Crippen LogP contribution >= 0.6 is 46.6 Å². The van der Waals surface area contributed by atoms with Gasteiger partial charge < -0.3 is 48.3 Å². The first kappa shape index (κ1) is 47.9. The first-order valence-corrected chi connectivity index (χ1v) is 23.1. The van der Waals surface area contributed by atoms with Crippen molar-refractivity contribution in [2.45, 2.75) is 95.6 Å². The molecule has 3 heterocycles. The van der Waals surface area contributed by atoms with Gasteiger partial charge in [-0.2, -0.15) is 0 Å². The lowest BCUT2D eigenvalue weighted by Crippen LogP contribution is -2.69. The van der Waals surface area contributed by atoms with Crippen LogP contribution in [-0.4, -0.2) is 93.8 Å². The second-order valence-electron chi connectivity index (χ2n) is 15.8. The molecule has 0 aliphatic carbocycles. The largest absolute Gasteiger partial charge is 0.459 e. The predicted octanol–water partition coefficient (Wildman–Crippen LogP) is 7.81. The number of nitrogens with one attached hydrogen (secondary N) is 1. The van der Waals surface area contributed by atoms with E-state index >= 15 is 0 Å². The van der Waals surface area contributed by atoms with Gasteiger partial charge in [-0.15, -0.1) is 0 Å². The van der Waals surface area contributed by atoms with E-state index in [1.165, 1.54) is 11.8 Å². The molecule has 5 aromatic carbocycles. The highest BCUT2D eigenvalue weighted by Crippen LogP contribution is 2.42. The Balaban J connectivity index is 1.21. The van der Waals surface area contributed by atoms with Crippen molar-refractivity contribution in [3.8, 4) is 0 Å². The van der Waals surface area contributed by atoms with Crippen LogP contribution in [0.15, 0.2) is 150 Å². The molecule has 1 amide bonds. The molecule has 2 N–H and O–H groups in total. The van der Waals surface area contributed by atoms with Crippen LogP contribution < -0.4 is 5.32 Å². The third kappa shape index (κ3) is 11.9. The molecule has 11 atom stereocenters. The average Bonchev–Trinajstić information content (AvgIpc) is 3.33. The van der Waals surface area contributed by atoms with Crippen molar-refractivity contribution in [2.24, 2.45) is 0 Å². The molecular formula is C49H46Cl3NO12S. The summed E-state index contributed by atoms with van der Waals surface area (Å²) >= 11 is 19.8. The van der Waals surface area contributed by atoms with E-state index in [1.54, 1.807) is 54.6 Å². The van der Waals surface area contributed by atoms with E-state index in [9.17, 15) is 19.5 Å². The minimum atomic E-state index is -2.44. The number of benzene rings is 5. The molecule has 66 heavy (non-hydrogen) atoms. The Morgan fingerprint density at radius 3 is 1.98 bits per heavy atom. The van der Waals surface area contributed by atoms with E-state index < -0.39 is 88.4 Å². The summed E-state index contributed by atoms with van der Waals surface area (Å²) in [5.41, 5.74) is 2.29. The molecule has 3 aliphatic rings. The van der Waals surface area contributed by atoms with Crippen LogP contribution in [0, 0.1) is 6.92 Å². The average molecular weight is 979 g/mol. The number of aliphatic hydroxyl groups excluding tert-OH is 1. The number of halogens is 3. The Morgan fingerprint density at radius 2 is 1.35 bits per heavy atom. The summed E-state index contributed by atoms with van der Waals surface area (Å²) in [6.07, 6.45) is -12.4. The molecule has 346 valence electrons. The summed E-state index contributed by atoms with van der Waals surface area (Å²) in [6.45, 7) is 1.72. The fourth-order valence-corrected chi connectivity index (χ4v) is 8.99. The zero-order chi connectivity index (χ0) is 46.2. The van der Waals surface area contributed by atoms with Gasteiger partial charge in [-0.1, -0.05) is 173 Å². The van der Waals surface area contributed by atoms with Gasteiger partial charge in [0.2, 0.25) is 0 Å². The Labute approximate surface area is 400 Å². The van der Waals surface area contributed by atoms with Gasteiger partial charge in [-0.05, 0) is 42.3 Å². The Bertz CT molecular complexity index is 2370. The number of hydrogen-bond donors (Lipinski definition) is 2. The molecule has 17 heteroatoms. The predicted molar refractivity (Wildman–Crippen MR) is 244 cm³/mol. The van der Waals surface area contributed by atoms with Gasteiger partial charge in [0.1, 0.15) is 42.6 Å². The van der Waals surface area contributed by atoms with Gasteiger partial charge in [0.25, 0.3) is 9.70 Å². The molecule has 8 rings (SSSR count). The number of thioether (sulfide) groups is 1. The first-order chi connectivity index (χ1) is 31.9. The second kappa shape index (κ2) is 22.0. The van der Waals surface area contributed by atoms with Crippen molar-refractivity contribution in [3.63, 3.8) is 0 Å². The summed E-state index contributed by atoms with van der Waals surface area (Å²) in [5, 5.41) is 14.9. The topological polar surface area (TPSA) is 157 Å². The molecule has 0 radical (unpaired) electrons. The Hall–Kier alpha value is -4.55. The zero-order valence-electron chi connectivity index (χ0n) is 35.3. The molecule has 0 spiro atoms. The number of amides is 1. The van der Waals surface area contributed by atoms with Crippen molar-refractivity contribution < 1.29 is 57.4 Å². The van der Waals surface area contributed by atoms with E-state index in [1.807, 2.05) is 97.9 Å². The van der Waals surface area contributed by atoms with Crippen molar-refractivity contribution in [3.05, 3.63) is 173 Å². The van der Waals surface area contributed by atoms with E-state index in [4.69, 9.17) is 72.7 Å². The number of aliphatic hydroxyl groups is 1. The Morgan fingerprint density at radius 1 is 0.742 bits per heavy atom. The minimum absolute atomic E-state index is 0.00801. The smallest absolute Gasteiger partial charge is 0.338 e. The van der Waals surface area contributed by atoms with Gasteiger partial charge in [-0.25, -0.2) is 9.59 Å². The molecule has 0 aromatic heterocycles. The van der Waals surface area contributed by atoms with Crippen LogP contribution in [-0.2, 0) is 60.7 Å². The van der Waals surface area contributed by atoms with Crippen LogP contribution in [0.5, 0.6) is 0 Å². The maximum atomic E-state index is 14.1. The number of ether oxygens (including phenoxy) is 8. The number of alkyl halides is 3. The lowest BCUT2D eigenvalue weighted by atomic mass is 9.94. The summed E-state index contributed by atoms with van der Waals surface area (Å²) < 4.78 is 48.9. The number of aryl methyl sites for hydroxylation is 1. The quantitative estimate of drug-likeness (QED) is 0.0822. The zero-order valence-corrected chi connectivity index (χ0v) is 38.4. The van der Waals surface area contributed by atoms with Crippen LogP contribution in [0.1, 0.15) is 38.9 Å². The molecule has 3 saturated heterocycles. The third-order valence-electron chi connectivity index (χ3n) is 11.0. The maximum Gasteiger partial charge on any atom is 0.338 e. The fourth-order valence-electron chi connectivity index (χ4n) is 7.69. The lowest BCUT2D eigenvalue weighted by Gasteiger charge is -2.51. The normalized spacial score (nSPS) is 27.5. The SMILES string of the molecule is Cc1ccc(S[C@@H]2O[C@@H]3CO[C@@H](c4ccccc4)O[C@H]3[C@H](O[C@@H]3O[C@H](C(=O)OCc4ccccc4)[C@@H](O)[C@H](OCc4ccccc4)[C@H]3OC(=O)c3ccccc3)[C@H]2NC(=O)C(Cl)(Cl)Cl)cc1. The van der Waals surface area contributed by atoms with Crippen molar-refractivity contribution in [1.82, 2.24) is 5.32 Å². The number of fused-ring (bicyclic) bond motifs is 1. The summed E-state index contributed by atoms with van der Waals surface area (Å²) in [6, 6.07) is 41.8. The summed E-state index contributed by atoms with van der Waals surface area (Å²) in [5.74, 6) is -2.77. The number of hydrogen-bond acceptors (Lipinski definition) is 13. The summed E-state index contributed by atoms with van der Waals surface area (Å²) in [7, 11) is 0. The molecule has 5 aromatic rings. The van der Waals surface area contributed by atoms with E-state index in [2.05, 4.69) is 5.32 Å². The van der Waals surface area contributed by atoms with Gasteiger partial charge >= 0.3 is 11.9 Å². The highest BCUT2D eigenvalue weighted by atomic mass is 35.6. The maximum absolute atomic E-state index is 14.1. The van der Waals surface area contributed by atoms with Gasteiger partial charge in [0.05, 0.1) is 24.8 Å². The van der Waals surface area contributed by atoms with E-state index in [0.29, 0.717) is 16.7 Å². The van der Waals surface area contributed by atoms with Crippen LogP contribution in [0.25, 0.3) is 0 Å². The van der Waals surface area contributed by atoms with Crippen LogP contribution in [0.4, 0.5) is 0 Å². The highest BCUT2D eigenvalue weighted by Gasteiger charge is 2.58. The van der Waals surface area contributed by atoms with Crippen molar-refractivity contribution >= 4 is 64.4 Å². The van der Waals surface area contributed by atoms with Gasteiger partial charge in [0.15, 0.2) is 24.8 Å². The monoisotopic (exact) mass is 977 g/mol. The van der Waals surface area contributed by atoms with Crippen LogP contribution in [0.3, 0.4) is 0 Å².